The Morgan fingerprint density at radius 1 is 1.33 bits per heavy atom. The maximum atomic E-state index is 11.7. The molecular formula is C15H21N3O2S. The molecule has 0 fully saturated rings. The average molecular weight is 307 g/mol. The molecule has 0 saturated carbocycles. The number of nitrogens with zero attached hydrogens (tertiary/aromatic N) is 2. The lowest BCUT2D eigenvalue weighted by atomic mass is 10.0. The number of aryl methyl sites for hydroxylation is 2. The molecule has 0 aliphatic heterocycles. The molecule has 114 valence electrons. The van der Waals surface area contributed by atoms with Crippen molar-refractivity contribution in [2.45, 2.75) is 24.3 Å². The third kappa shape index (κ3) is 3.71. The highest BCUT2D eigenvalue weighted by molar-refractivity contribution is 7.90. The maximum Gasteiger partial charge on any atom is 0.175 e. The Labute approximate surface area is 125 Å². The van der Waals surface area contributed by atoms with Gasteiger partial charge in [0, 0.05) is 31.5 Å². The monoisotopic (exact) mass is 307 g/mol. The van der Waals surface area contributed by atoms with E-state index in [1.54, 1.807) is 18.2 Å². The zero-order chi connectivity index (χ0) is 15.6. The summed E-state index contributed by atoms with van der Waals surface area (Å²) in [4.78, 5) is 0.349. The summed E-state index contributed by atoms with van der Waals surface area (Å²) >= 11 is 0. The van der Waals surface area contributed by atoms with Crippen LogP contribution in [0, 0.1) is 6.92 Å². The Balaban J connectivity index is 2.32. The molecule has 1 aromatic heterocycles. The van der Waals surface area contributed by atoms with Crippen LogP contribution in [0.15, 0.2) is 35.2 Å². The van der Waals surface area contributed by atoms with E-state index >= 15 is 0 Å². The number of nitrogens with one attached hydrogen (secondary N) is 1. The maximum absolute atomic E-state index is 11.7. The zero-order valence-corrected chi connectivity index (χ0v) is 13.6. The third-order valence-electron chi connectivity index (χ3n) is 3.55. The van der Waals surface area contributed by atoms with E-state index in [0.717, 1.165) is 23.4 Å². The van der Waals surface area contributed by atoms with E-state index in [0.29, 0.717) is 4.90 Å². The van der Waals surface area contributed by atoms with E-state index in [1.807, 2.05) is 37.8 Å². The first-order valence-electron chi connectivity index (χ1n) is 6.78. The number of sulfone groups is 1. The Hall–Kier alpha value is -1.66. The van der Waals surface area contributed by atoms with Crippen molar-refractivity contribution < 1.29 is 8.42 Å². The molecule has 1 atom stereocenters. The number of rotatable bonds is 5. The van der Waals surface area contributed by atoms with Gasteiger partial charge in [-0.25, -0.2) is 8.42 Å². The van der Waals surface area contributed by atoms with E-state index in [-0.39, 0.29) is 6.04 Å². The van der Waals surface area contributed by atoms with Gasteiger partial charge in [0.25, 0.3) is 0 Å². The van der Waals surface area contributed by atoms with Gasteiger partial charge in [0.05, 0.1) is 10.6 Å². The fraction of sp³-hybridized carbons (Fsp3) is 0.400. The van der Waals surface area contributed by atoms with E-state index in [1.165, 1.54) is 6.26 Å². The second-order valence-electron chi connectivity index (χ2n) is 5.29. The van der Waals surface area contributed by atoms with E-state index in [4.69, 9.17) is 0 Å². The first-order valence-corrected chi connectivity index (χ1v) is 8.67. The van der Waals surface area contributed by atoms with E-state index in [9.17, 15) is 8.42 Å². The first-order chi connectivity index (χ1) is 9.81. The van der Waals surface area contributed by atoms with Crippen LogP contribution >= 0.6 is 0 Å². The van der Waals surface area contributed by atoms with Gasteiger partial charge >= 0.3 is 0 Å². The van der Waals surface area contributed by atoms with Crippen molar-refractivity contribution in [2.24, 2.45) is 7.05 Å². The summed E-state index contributed by atoms with van der Waals surface area (Å²) in [5, 5.41) is 7.59. The summed E-state index contributed by atoms with van der Waals surface area (Å²) in [5.74, 6) is 0. The van der Waals surface area contributed by atoms with Gasteiger partial charge in [0.1, 0.15) is 0 Å². The van der Waals surface area contributed by atoms with Crippen LogP contribution < -0.4 is 5.32 Å². The highest BCUT2D eigenvalue weighted by atomic mass is 32.2. The summed E-state index contributed by atoms with van der Waals surface area (Å²) in [6.07, 6.45) is 1.98. The number of benzene rings is 1. The average Bonchev–Trinajstić information content (AvgIpc) is 2.73. The summed E-state index contributed by atoms with van der Waals surface area (Å²) in [6.45, 7) is 1.96. The molecule has 0 bridgehead atoms. The molecule has 1 aromatic carbocycles. The Morgan fingerprint density at radius 3 is 2.57 bits per heavy atom. The number of aromatic nitrogens is 2. The van der Waals surface area contributed by atoms with Crippen molar-refractivity contribution in [2.75, 3.05) is 13.3 Å². The molecule has 0 radical (unpaired) electrons. The van der Waals surface area contributed by atoms with Gasteiger partial charge in [-0.05, 0) is 37.7 Å². The first kappa shape index (κ1) is 15.7. The predicted molar refractivity (Wildman–Crippen MR) is 83.0 cm³/mol. The van der Waals surface area contributed by atoms with Crippen LogP contribution in [0.3, 0.4) is 0 Å². The second kappa shape index (κ2) is 5.99. The Kier molecular flexibility index (Phi) is 4.49. The molecule has 1 heterocycles. The minimum absolute atomic E-state index is 0.0431. The highest BCUT2D eigenvalue weighted by Gasteiger charge is 2.15. The molecule has 0 saturated heterocycles. The fourth-order valence-electron chi connectivity index (χ4n) is 2.41. The molecule has 1 unspecified atom stereocenters. The van der Waals surface area contributed by atoms with Gasteiger partial charge in [0.2, 0.25) is 0 Å². The standard InChI is InChI=1S/C15H21N3O2S/c1-11-8-13(18(3)17-11)10-15(16-2)12-6-5-7-14(9-12)21(4,19)20/h5-9,15-16H,10H2,1-4H3. The predicted octanol–water partition coefficient (Wildman–Crippen LogP) is 1.64. The third-order valence-corrected chi connectivity index (χ3v) is 4.66. The van der Waals surface area contributed by atoms with Gasteiger partial charge in [-0.2, -0.15) is 5.10 Å². The lowest BCUT2D eigenvalue weighted by Crippen LogP contribution is -2.20. The summed E-state index contributed by atoms with van der Waals surface area (Å²) in [7, 11) is 0.605. The van der Waals surface area contributed by atoms with Crippen molar-refractivity contribution in [1.29, 1.82) is 0 Å². The van der Waals surface area contributed by atoms with Crippen molar-refractivity contribution in [3.63, 3.8) is 0 Å². The van der Waals surface area contributed by atoms with Crippen molar-refractivity contribution in [3.05, 3.63) is 47.3 Å². The fourth-order valence-corrected chi connectivity index (χ4v) is 3.09. The Morgan fingerprint density at radius 2 is 2.05 bits per heavy atom. The topological polar surface area (TPSA) is 64.0 Å². The number of likely N-dealkylation sites (N-methyl/N-ethyl adjacent to an activating group) is 1. The SMILES string of the molecule is CNC(Cc1cc(C)nn1C)c1cccc(S(C)(=O)=O)c1. The molecule has 0 amide bonds. The smallest absolute Gasteiger partial charge is 0.175 e. The molecule has 0 aliphatic rings. The van der Waals surface area contributed by atoms with Crippen LogP contribution in [-0.4, -0.2) is 31.5 Å². The van der Waals surface area contributed by atoms with Crippen LogP contribution in [-0.2, 0) is 23.3 Å². The van der Waals surface area contributed by atoms with Crippen LogP contribution in [0.2, 0.25) is 0 Å². The van der Waals surface area contributed by atoms with Crippen LogP contribution in [0.5, 0.6) is 0 Å². The molecular weight excluding hydrogens is 286 g/mol. The van der Waals surface area contributed by atoms with Crippen LogP contribution in [0.1, 0.15) is 23.0 Å². The molecule has 1 N–H and O–H groups in total. The summed E-state index contributed by atoms with van der Waals surface area (Å²) in [6, 6.07) is 9.18. The molecule has 0 spiro atoms. The molecule has 5 nitrogen and oxygen atoms in total. The quantitative estimate of drug-likeness (QED) is 0.912. The lowest BCUT2D eigenvalue weighted by Gasteiger charge is -2.17. The van der Waals surface area contributed by atoms with Crippen molar-refractivity contribution >= 4 is 9.84 Å². The highest BCUT2D eigenvalue weighted by Crippen LogP contribution is 2.21. The van der Waals surface area contributed by atoms with Crippen LogP contribution in [0.25, 0.3) is 0 Å². The number of hydrogen-bond donors (Lipinski definition) is 1. The molecule has 2 rings (SSSR count). The second-order valence-corrected chi connectivity index (χ2v) is 7.31. The molecule has 6 heteroatoms. The van der Waals surface area contributed by atoms with Crippen molar-refractivity contribution in [3.8, 4) is 0 Å². The number of hydrogen-bond acceptors (Lipinski definition) is 4. The summed E-state index contributed by atoms with van der Waals surface area (Å²) < 4.78 is 25.2. The molecule has 21 heavy (non-hydrogen) atoms. The summed E-state index contributed by atoms with van der Waals surface area (Å²) in [5.41, 5.74) is 3.04. The van der Waals surface area contributed by atoms with Gasteiger partial charge in [0.15, 0.2) is 9.84 Å². The van der Waals surface area contributed by atoms with E-state index < -0.39 is 9.84 Å². The zero-order valence-electron chi connectivity index (χ0n) is 12.8. The van der Waals surface area contributed by atoms with Gasteiger partial charge in [-0.15, -0.1) is 0 Å². The normalized spacial score (nSPS) is 13.3. The van der Waals surface area contributed by atoms with Crippen LogP contribution in [0.4, 0.5) is 0 Å². The van der Waals surface area contributed by atoms with Crippen molar-refractivity contribution in [1.82, 2.24) is 15.1 Å². The lowest BCUT2D eigenvalue weighted by molar-refractivity contribution is 0.559. The van der Waals surface area contributed by atoms with Gasteiger partial charge in [-0.3, -0.25) is 4.68 Å². The largest absolute Gasteiger partial charge is 0.313 e. The minimum atomic E-state index is -3.19. The molecule has 2 aromatic rings. The van der Waals surface area contributed by atoms with E-state index in [2.05, 4.69) is 10.4 Å². The van der Waals surface area contributed by atoms with Gasteiger partial charge in [-0.1, -0.05) is 12.1 Å². The Bertz CT molecular complexity index is 735. The van der Waals surface area contributed by atoms with Gasteiger partial charge < -0.3 is 5.32 Å². The minimum Gasteiger partial charge on any atom is -0.313 e. The molecule has 0 aliphatic carbocycles.